The van der Waals surface area contributed by atoms with Crippen LogP contribution in [0.5, 0.6) is 0 Å². The standard InChI is InChI=1S/C14H22N2O3/c1-4-5-7-11(14(18)19)15-13(17)12-8-6-9-16(12)10(2)3/h6,8-11H,4-5,7H2,1-3H3,(H,15,17)(H,18,19)/t11-/m0/s1. The highest BCUT2D eigenvalue weighted by Crippen LogP contribution is 2.11. The molecule has 0 radical (unpaired) electrons. The highest BCUT2D eigenvalue weighted by atomic mass is 16.4. The summed E-state index contributed by atoms with van der Waals surface area (Å²) in [5.74, 6) is -1.31. The third kappa shape index (κ3) is 4.12. The van der Waals surface area contributed by atoms with Gasteiger partial charge in [-0.05, 0) is 32.4 Å². The van der Waals surface area contributed by atoms with Gasteiger partial charge in [-0.2, -0.15) is 0 Å². The number of carboxylic acids is 1. The van der Waals surface area contributed by atoms with Crippen LogP contribution in [0.1, 0.15) is 56.6 Å². The first-order valence-electron chi connectivity index (χ1n) is 6.67. The number of rotatable bonds is 7. The quantitative estimate of drug-likeness (QED) is 0.796. The minimum absolute atomic E-state index is 0.162. The monoisotopic (exact) mass is 266 g/mol. The molecule has 1 amide bonds. The van der Waals surface area contributed by atoms with Crippen molar-refractivity contribution in [2.24, 2.45) is 0 Å². The molecular formula is C14H22N2O3. The number of aliphatic carboxylic acids is 1. The van der Waals surface area contributed by atoms with Gasteiger partial charge in [-0.1, -0.05) is 19.8 Å². The summed E-state index contributed by atoms with van der Waals surface area (Å²) < 4.78 is 1.83. The van der Waals surface area contributed by atoms with Gasteiger partial charge >= 0.3 is 5.97 Å². The van der Waals surface area contributed by atoms with E-state index >= 15 is 0 Å². The average Bonchev–Trinajstić information content (AvgIpc) is 2.83. The first kappa shape index (κ1) is 15.3. The van der Waals surface area contributed by atoms with E-state index in [4.69, 9.17) is 5.11 Å². The Morgan fingerprint density at radius 2 is 2.11 bits per heavy atom. The third-order valence-electron chi connectivity index (χ3n) is 3.02. The smallest absolute Gasteiger partial charge is 0.326 e. The Bertz CT molecular complexity index is 438. The summed E-state index contributed by atoms with van der Waals surface area (Å²) in [7, 11) is 0. The van der Waals surface area contributed by atoms with Crippen LogP contribution in [0.25, 0.3) is 0 Å². The number of carbonyl (C=O) groups excluding carboxylic acids is 1. The lowest BCUT2D eigenvalue weighted by Gasteiger charge is -2.16. The Hall–Kier alpha value is -1.78. The topological polar surface area (TPSA) is 71.3 Å². The second-order valence-electron chi connectivity index (χ2n) is 4.90. The molecule has 5 nitrogen and oxygen atoms in total. The number of nitrogens with zero attached hydrogens (tertiary/aromatic N) is 1. The summed E-state index contributed by atoms with van der Waals surface area (Å²) in [6.45, 7) is 5.94. The zero-order valence-corrected chi connectivity index (χ0v) is 11.7. The first-order chi connectivity index (χ1) is 8.97. The van der Waals surface area contributed by atoms with Gasteiger partial charge in [0, 0.05) is 12.2 Å². The highest BCUT2D eigenvalue weighted by molar-refractivity contribution is 5.95. The molecule has 0 aliphatic rings. The van der Waals surface area contributed by atoms with E-state index < -0.39 is 12.0 Å². The van der Waals surface area contributed by atoms with E-state index in [0.717, 1.165) is 12.8 Å². The van der Waals surface area contributed by atoms with Gasteiger partial charge in [0.05, 0.1) is 0 Å². The molecule has 0 spiro atoms. The molecule has 0 aliphatic heterocycles. The van der Waals surface area contributed by atoms with Gasteiger partial charge in [0.15, 0.2) is 0 Å². The Morgan fingerprint density at radius 1 is 1.42 bits per heavy atom. The minimum Gasteiger partial charge on any atom is -0.480 e. The molecule has 0 saturated heterocycles. The fourth-order valence-corrected chi connectivity index (χ4v) is 1.93. The number of nitrogens with one attached hydrogen (secondary N) is 1. The fraction of sp³-hybridized carbons (Fsp3) is 0.571. The molecule has 0 bridgehead atoms. The van der Waals surface area contributed by atoms with Crippen LogP contribution < -0.4 is 5.32 Å². The van der Waals surface area contributed by atoms with Crippen LogP contribution in [0.4, 0.5) is 0 Å². The Morgan fingerprint density at radius 3 is 2.63 bits per heavy atom. The van der Waals surface area contributed by atoms with Crippen molar-refractivity contribution in [3.05, 3.63) is 24.0 Å². The fourth-order valence-electron chi connectivity index (χ4n) is 1.93. The first-order valence-corrected chi connectivity index (χ1v) is 6.67. The molecule has 106 valence electrons. The maximum absolute atomic E-state index is 12.1. The van der Waals surface area contributed by atoms with Crippen molar-refractivity contribution in [2.45, 2.75) is 52.1 Å². The lowest BCUT2D eigenvalue weighted by Crippen LogP contribution is -2.41. The SMILES string of the molecule is CCCC[C@H](NC(=O)c1cccn1C(C)C)C(=O)O. The summed E-state index contributed by atoms with van der Waals surface area (Å²) >= 11 is 0. The summed E-state index contributed by atoms with van der Waals surface area (Å²) in [6.07, 6.45) is 3.96. The Kier molecular flexibility index (Phi) is 5.60. The number of carboxylic acid groups (broad SMARTS) is 1. The second-order valence-corrected chi connectivity index (χ2v) is 4.90. The zero-order chi connectivity index (χ0) is 14.4. The van der Waals surface area contributed by atoms with Crippen LogP contribution in [0.3, 0.4) is 0 Å². The molecule has 0 unspecified atom stereocenters. The Balaban J connectivity index is 2.76. The van der Waals surface area contributed by atoms with E-state index in [2.05, 4.69) is 5.32 Å². The third-order valence-corrected chi connectivity index (χ3v) is 3.02. The van der Waals surface area contributed by atoms with Crippen LogP contribution in [0, 0.1) is 0 Å². The number of carbonyl (C=O) groups is 2. The number of hydrogen-bond donors (Lipinski definition) is 2. The van der Waals surface area contributed by atoms with E-state index in [1.165, 1.54) is 0 Å². The van der Waals surface area contributed by atoms with Crippen molar-refractivity contribution >= 4 is 11.9 Å². The molecule has 2 N–H and O–H groups in total. The largest absolute Gasteiger partial charge is 0.480 e. The predicted molar refractivity (Wildman–Crippen MR) is 73.2 cm³/mol. The maximum Gasteiger partial charge on any atom is 0.326 e. The summed E-state index contributed by atoms with van der Waals surface area (Å²) in [5.41, 5.74) is 0.498. The number of aromatic nitrogens is 1. The summed E-state index contributed by atoms with van der Waals surface area (Å²) in [6, 6.07) is 2.84. The van der Waals surface area contributed by atoms with Crippen LogP contribution in [-0.4, -0.2) is 27.6 Å². The van der Waals surface area contributed by atoms with Crippen LogP contribution in [-0.2, 0) is 4.79 Å². The van der Waals surface area contributed by atoms with Crippen molar-refractivity contribution in [3.63, 3.8) is 0 Å². The van der Waals surface area contributed by atoms with Gasteiger partial charge in [0.25, 0.3) is 5.91 Å². The molecule has 0 aliphatic carbocycles. The van der Waals surface area contributed by atoms with E-state index in [1.54, 1.807) is 12.1 Å². The number of hydrogen-bond acceptors (Lipinski definition) is 2. The van der Waals surface area contributed by atoms with Gasteiger partial charge in [0.1, 0.15) is 11.7 Å². The molecule has 1 heterocycles. The van der Waals surface area contributed by atoms with E-state index in [-0.39, 0.29) is 11.9 Å². The van der Waals surface area contributed by atoms with Gasteiger partial charge in [-0.25, -0.2) is 4.79 Å². The van der Waals surface area contributed by atoms with Crippen molar-refractivity contribution in [1.82, 2.24) is 9.88 Å². The van der Waals surface area contributed by atoms with Gasteiger partial charge in [-0.3, -0.25) is 4.79 Å². The van der Waals surface area contributed by atoms with Gasteiger partial charge in [0.2, 0.25) is 0 Å². The molecule has 1 atom stereocenters. The second kappa shape index (κ2) is 6.97. The van der Waals surface area contributed by atoms with E-state index in [1.807, 2.05) is 31.5 Å². The van der Waals surface area contributed by atoms with Gasteiger partial charge < -0.3 is 15.0 Å². The molecular weight excluding hydrogens is 244 g/mol. The molecule has 0 aromatic carbocycles. The molecule has 1 aromatic rings. The minimum atomic E-state index is -0.982. The molecule has 1 aromatic heterocycles. The van der Waals surface area contributed by atoms with Crippen LogP contribution in [0.2, 0.25) is 0 Å². The summed E-state index contributed by atoms with van der Waals surface area (Å²) in [4.78, 5) is 23.2. The van der Waals surface area contributed by atoms with Crippen molar-refractivity contribution in [1.29, 1.82) is 0 Å². The lowest BCUT2D eigenvalue weighted by atomic mass is 10.1. The highest BCUT2D eigenvalue weighted by Gasteiger charge is 2.21. The number of unbranched alkanes of at least 4 members (excludes halogenated alkanes) is 1. The van der Waals surface area contributed by atoms with E-state index in [9.17, 15) is 9.59 Å². The summed E-state index contributed by atoms with van der Waals surface area (Å²) in [5, 5.41) is 11.7. The van der Waals surface area contributed by atoms with Crippen molar-refractivity contribution in [2.75, 3.05) is 0 Å². The van der Waals surface area contributed by atoms with Crippen molar-refractivity contribution < 1.29 is 14.7 Å². The van der Waals surface area contributed by atoms with Gasteiger partial charge in [-0.15, -0.1) is 0 Å². The maximum atomic E-state index is 12.1. The molecule has 1 rings (SSSR count). The Labute approximate surface area is 113 Å². The number of amides is 1. The molecule has 5 heteroatoms. The predicted octanol–water partition coefficient (Wildman–Crippen LogP) is 2.44. The normalized spacial score (nSPS) is 12.4. The lowest BCUT2D eigenvalue weighted by molar-refractivity contribution is -0.139. The zero-order valence-electron chi connectivity index (χ0n) is 11.7. The van der Waals surface area contributed by atoms with Crippen LogP contribution >= 0.6 is 0 Å². The van der Waals surface area contributed by atoms with E-state index in [0.29, 0.717) is 12.1 Å². The molecule has 0 saturated carbocycles. The molecule has 19 heavy (non-hydrogen) atoms. The molecule has 0 fully saturated rings. The average molecular weight is 266 g/mol. The van der Waals surface area contributed by atoms with Crippen molar-refractivity contribution in [3.8, 4) is 0 Å². The van der Waals surface area contributed by atoms with Crippen LogP contribution in [0.15, 0.2) is 18.3 Å².